The molecule has 1 N–H and O–H groups in total. The van der Waals surface area contributed by atoms with Gasteiger partial charge >= 0.3 is 0 Å². The van der Waals surface area contributed by atoms with E-state index in [1.165, 1.54) is 0 Å². The molecule has 130 valence electrons. The minimum Gasteiger partial charge on any atom is -0.379 e. The van der Waals surface area contributed by atoms with Gasteiger partial charge in [0.15, 0.2) is 5.82 Å². The number of nitrogens with zero attached hydrogens (tertiary/aromatic N) is 4. The first-order valence-electron chi connectivity index (χ1n) is 8.55. The minimum absolute atomic E-state index is 0.0742. The van der Waals surface area contributed by atoms with Gasteiger partial charge in [0, 0.05) is 26.2 Å². The lowest BCUT2D eigenvalue weighted by Crippen LogP contribution is -2.61. The van der Waals surface area contributed by atoms with Crippen LogP contribution in [-0.2, 0) is 9.47 Å². The van der Waals surface area contributed by atoms with Crippen LogP contribution in [0.5, 0.6) is 0 Å². The maximum absolute atomic E-state index is 9.46. The Kier molecular flexibility index (Phi) is 5.29. The van der Waals surface area contributed by atoms with Crippen LogP contribution < -0.4 is 5.32 Å². The van der Waals surface area contributed by atoms with Gasteiger partial charge in [-0.05, 0) is 32.3 Å². The zero-order valence-corrected chi connectivity index (χ0v) is 14.5. The first-order valence-corrected chi connectivity index (χ1v) is 8.55. The zero-order valence-electron chi connectivity index (χ0n) is 14.5. The summed E-state index contributed by atoms with van der Waals surface area (Å²) in [5, 5.41) is 21.2. The van der Waals surface area contributed by atoms with Gasteiger partial charge in [-0.2, -0.15) is 10.4 Å². The van der Waals surface area contributed by atoms with E-state index < -0.39 is 0 Å². The van der Waals surface area contributed by atoms with Crippen LogP contribution in [0.25, 0.3) is 0 Å². The molecular formula is C17H25N5O2. The van der Waals surface area contributed by atoms with E-state index in [-0.39, 0.29) is 5.54 Å². The Bertz CT molecular complexity index is 616. The molecule has 1 aromatic heterocycles. The number of aromatic nitrogens is 2. The molecule has 2 saturated heterocycles. The van der Waals surface area contributed by atoms with Gasteiger partial charge in [0.2, 0.25) is 0 Å². The average Bonchev–Trinajstić information content (AvgIpc) is 2.64. The summed E-state index contributed by atoms with van der Waals surface area (Å²) in [6.07, 6.45) is 2.11. The number of nitriles is 1. The Morgan fingerprint density at radius 1 is 1.21 bits per heavy atom. The fourth-order valence-electron chi connectivity index (χ4n) is 3.49. The van der Waals surface area contributed by atoms with Crippen molar-refractivity contribution in [2.75, 3.05) is 51.4 Å². The summed E-state index contributed by atoms with van der Waals surface area (Å²) in [6, 6.07) is 2.25. The van der Waals surface area contributed by atoms with Gasteiger partial charge in [-0.25, -0.2) is 0 Å². The molecule has 2 aliphatic heterocycles. The third-order valence-corrected chi connectivity index (χ3v) is 5.13. The van der Waals surface area contributed by atoms with Gasteiger partial charge in [-0.3, -0.25) is 4.90 Å². The molecule has 24 heavy (non-hydrogen) atoms. The number of nitrogens with one attached hydrogen (secondary N) is 1. The van der Waals surface area contributed by atoms with Crippen LogP contribution in [-0.4, -0.2) is 66.7 Å². The van der Waals surface area contributed by atoms with E-state index in [1.54, 1.807) is 0 Å². The van der Waals surface area contributed by atoms with Crippen molar-refractivity contribution < 1.29 is 9.47 Å². The van der Waals surface area contributed by atoms with Gasteiger partial charge in [0.1, 0.15) is 11.6 Å². The molecule has 1 unspecified atom stereocenters. The number of hydrogen-bond acceptors (Lipinski definition) is 7. The van der Waals surface area contributed by atoms with E-state index in [0.29, 0.717) is 24.5 Å². The van der Waals surface area contributed by atoms with Gasteiger partial charge in [-0.1, -0.05) is 0 Å². The number of ether oxygens (including phenoxy) is 2. The molecule has 1 atom stereocenters. The van der Waals surface area contributed by atoms with Crippen LogP contribution in [0.2, 0.25) is 0 Å². The van der Waals surface area contributed by atoms with Crippen LogP contribution >= 0.6 is 0 Å². The Hall–Kier alpha value is -1.75. The number of hydrogen-bond donors (Lipinski definition) is 1. The first kappa shape index (κ1) is 17.1. The highest BCUT2D eigenvalue weighted by Crippen LogP contribution is 2.28. The molecule has 0 aromatic carbocycles. The third kappa shape index (κ3) is 3.36. The summed E-state index contributed by atoms with van der Waals surface area (Å²) in [5.41, 5.74) is 2.18. The standard InChI is InChI=1S/C17H25N5O2/c1-13-14(2)20-21-16(15(13)10-18)19-11-17(4-3-7-24-12-17)22-5-8-23-9-6-22/h3-9,11-12H2,1-2H3,(H,19,21). The highest BCUT2D eigenvalue weighted by atomic mass is 16.5. The van der Waals surface area contributed by atoms with E-state index >= 15 is 0 Å². The topological polar surface area (TPSA) is 83.3 Å². The lowest BCUT2D eigenvalue weighted by atomic mass is 9.89. The second-order valence-corrected chi connectivity index (χ2v) is 6.58. The maximum Gasteiger partial charge on any atom is 0.167 e. The van der Waals surface area contributed by atoms with Crippen LogP contribution in [0.1, 0.15) is 29.7 Å². The third-order valence-electron chi connectivity index (χ3n) is 5.13. The number of morpholine rings is 1. The molecule has 0 radical (unpaired) electrons. The van der Waals surface area contributed by atoms with Crippen molar-refractivity contribution in [3.63, 3.8) is 0 Å². The van der Waals surface area contributed by atoms with Crippen LogP contribution in [0, 0.1) is 25.2 Å². The molecule has 3 heterocycles. The fraction of sp³-hybridized carbons (Fsp3) is 0.706. The molecule has 7 heteroatoms. The Labute approximate surface area is 143 Å². The van der Waals surface area contributed by atoms with Crippen LogP contribution in [0.3, 0.4) is 0 Å². The molecule has 0 bridgehead atoms. The van der Waals surface area contributed by atoms with Crippen molar-refractivity contribution in [3.05, 3.63) is 16.8 Å². The molecular weight excluding hydrogens is 306 g/mol. The Morgan fingerprint density at radius 3 is 2.67 bits per heavy atom. The van der Waals surface area contributed by atoms with Gasteiger partial charge in [0.25, 0.3) is 0 Å². The second-order valence-electron chi connectivity index (χ2n) is 6.58. The maximum atomic E-state index is 9.46. The summed E-state index contributed by atoms with van der Waals surface area (Å²) in [4.78, 5) is 2.46. The number of anilines is 1. The first-order chi connectivity index (χ1) is 11.7. The Balaban J connectivity index is 1.79. The van der Waals surface area contributed by atoms with E-state index in [9.17, 15) is 5.26 Å². The summed E-state index contributed by atoms with van der Waals surface area (Å²) in [6.45, 7) is 9.33. The summed E-state index contributed by atoms with van der Waals surface area (Å²) in [7, 11) is 0. The normalized spacial score (nSPS) is 25.2. The lowest BCUT2D eigenvalue weighted by Gasteiger charge is -2.47. The monoisotopic (exact) mass is 331 g/mol. The van der Waals surface area contributed by atoms with Crippen molar-refractivity contribution in [2.45, 2.75) is 32.2 Å². The predicted molar refractivity (Wildman–Crippen MR) is 89.9 cm³/mol. The number of rotatable bonds is 4. The quantitative estimate of drug-likeness (QED) is 0.889. The highest BCUT2D eigenvalue weighted by Gasteiger charge is 2.39. The van der Waals surface area contributed by atoms with E-state index in [0.717, 1.165) is 57.0 Å². The molecule has 2 fully saturated rings. The van der Waals surface area contributed by atoms with Gasteiger partial charge in [0.05, 0.1) is 31.1 Å². The molecule has 3 rings (SSSR count). The van der Waals surface area contributed by atoms with Crippen LogP contribution in [0.4, 0.5) is 5.82 Å². The van der Waals surface area contributed by atoms with Gasteiger partial charge in [-0.15, -0.1) is 5.10 Å². The number of aryl methyl sites for hydroxylation is 1. The molecule has 1 aromatic rings. The van der Waals surface area contributed by atoms with E-state index in [4.69, 9.17) is 9.47 Å². The largest absolute Gasteiger partial charge is 0.379 e. The van der Waals surface area contributed by atoms with E-state index in [1.807, 2.05) is 13.8 Å². The second kappa shape index (κ2) is 7.43. The average molecular weight is 331 g/mol. The van der Waals surface area contributed by atoms with E-state index in [2.05, 4.69) is 26.5 Å². The van der Waals surface area contributed by atoms with Crippen molar-refractivity contribution in [2.24, 2.45) is 0 Å². The summed E-state index contributed by atoms with van der Waals surface area (Å²) in [5.74, 6) is 0.568. The molecule has 7 nitrogen and oxygen atoms in total. The van der Waals surface area contributed by atoms with Crippen molar-refractivity contribution in [1.82, 2.24) is 15.1 Å². The Morgan fingerprint density at radius 2 is 2.00 bits per heavy atom. The minimum atomic E-state index is -0.0742. The summed E-state index contributed by atoms with van der Waals surface area (Å²) >= 11 is 0. The highest BCUT2D eigenvalue weighted by molar-refractivity contribution is 5.56. The molecule has 0 aliphatic carbocycles. The van der Waals surface area contributed by atoms with Crippen LogP contribution in [0.15, 0.2) is 0 Å². The fourth-order valence-corrected chi connectivity index (χ4v) is 3.49. The molecule has 0 spiro atoms. The van der Waals surface area contributed by atoms with Gasteiger partial charge < -0.3 is 14.8 Å². The molecule has 0 saturated carbocycles. The SMILES string of the molecule is Cc1nnc(NCC2(N3CCOCC3)CCCOC2)c(C#N)c1C. The summed E-state index contributed by atoms with van der Waals surface area (Å²) < 4.78 is 11.3. The van der Waals surface area contributed by atoms with Crippen molar-refractivity contribution in [3.8, 4) is 6.07 Å². The zero-order chi connectivity index (χ0) is 17.0. The smallest absolute Gasteiger partial charge is 0.167 e. The molecule has 2 aliphatic rings. The van der Waals surface area contributed by atoms with Crippen molar-refractivity contribution >= 4 is 5.82 Å². The molecule has 0 amide bonds. The lowest BCUT2D eigenvalue weighted by molar-refractivity contribution is -0.0800. The predicted octanol–water partition coefficient (Wildman–Crippen LogP) is 1.26. The van der Waals surface area contributed by atoms with Crippen molar-refractivity contribution in [1.29, 1.82) is 5.26 Å².